The van der Waals surface area contributed by atoms with Gasteiger partial charge in [0.1, 0.15) is 12.4 Å². The molecule has 0 aliphatic carbocycles. The quantitative estimate of drug-likeness (QED) is 0.591. The van der Waals surface area contributed by atoms with Crippen LogP contribution in [-0.2, 0) is 11.0 Å². The second-order valence-electron chi connectivity index (χ2n) is 5.01. The summed E-state index contributed by atoms with van der Waals surface area (Å²) in [5.41, 5.74) is -2.14. The summed E-state index contributed by atoms with van der Waals surface area (Å²) in [6.45, 7) is -0.642. The van der Waals surface area contributed by atoms with Crippen molar-refractivity contribution < 1.29 is 37.5 Å². The van der Waals surface area contributed by atoms with Gasteiger partial charge in [-0.3, -0.25) is 10.1 Å². The van der Waals surface area contributed by atoms with Gasteiger partial charge in [-0.05, 0) is 24.3 Å². The Morgan fingerprint density at radius 3 is 2.38 bits per heavy atom. The number of carboxylic acid groups (broad SMARTS) is 1. The van der Waals surface area contributed by atoms with E-state index in [1.807, 2.05) is 0 Å². The van der Waals surface area contributed by atoms with E-state index < -0.39 is 46.8 Å². The summed E-state index contributed by atoms with van der Waals surface area (Å²) in [5.74, 6) is -1.67. The molecule has 138 valence electrons. The maximum atomic E-state index is 12.7. The van der Waals surface area contributed by atoms with Crippen molar-refractivity contribution in [3.8, 4) is 11.5 Å². The van der Waals surface area contributed by atoms with E-state index in [1.165, 1.54) is 12.1 Å². The van der Waals surface area contributed by atoms with E-state index in [4.69, 9.17) is 14.6 Å². The van der Waals surface area contributed by atoms with Crippen LogP contribution < -0.4 is 9.47 Å². The zero-order valence-corrected chi connectivity index (χ0v) is 13.0. The van der Waals surface area contributed by atoms with Crippen molar-refractivity contribution in [2.24, 2.45) is 0 Å². The van der Waals surface area contributed by atoms with Gasteiger partial charge in [-0.1, -0.05) is 18.2 Å². The van der Waals surface area contributed by atoms with E-state index in [9.17, 15) is 28.1 Å². The number of nitro groups is 1. The molecule has 0 saturated heterocycles. The number of benzene rings is 2. The molecule has 0 heterocycles. The Hall–Kier alpha value is -3.30. The fraction of sp³-hybridized carbons (Fsp3) is 0.188. The molecule has 0 bridgehead atoms. The molecule has 0 saturated carbocycles. The molecule has 0 radical (unpaired) electrons. The van der Waals surface area contributed by atoms with Gasteiger partial charge in [-0.2, -0.15) is 13.2 Å². The molecule has 1 atom stereocenters. The third-order valence-electron chi connectivity index (χ3n) is 3.17. The number of nitro benzene ring substituents is 1. The number of hydrogen-bond acceptors (Lipinski definition) is 5. The molecule has 1 N–H and O–H groups in total. The van der Waals surface area contributed by atoms with E-state index in [-0.39, 0.29) is 5.75 Å². The maximum absolute atomic E-state index is 12.7. The number of alkyl halides is 3. The molecule has 10 heteroatoms. The minimum absolute atomic E-state index is 0.227. The Morgan fingerprint density at radius 1 is 1.19 bits per heavy atom. The van der Waals surface area contributed by atoms with Gasteiger partial charge in [0.05, 0.1) is 10.5 Å². The Morgan fingerprint density at radius 2 is 1.85 bits per heavy atom. The largest absolute Gasteiger partial charge is 0.482 e. The minimum Gasteiger partial charge on any atom is -0.482 e. The van der Waals surface area contributed by atoms with Crippen LogP contribution in [0.2, 0.25) is 0 Å². The zero-order valence-electron chi connectivity index (χ0n) is 13.0. The first-order chi connectivity index (χ1) is 12.2. The van der Waals surface area contributed by atoms with Crippen molar-refractivity contribution in [1.82, 2.24) is 0 Å². The van der Waals surface area contributed by atoms with Crippen LogP contribution in [0.15, 0.2) is 48.5 Å². The predicted molar refractivity (Wildman–Crippen MR) is 82.1 cm³/mol. The number of halogens is 3. The van der Waals surface area contributed by atoms with Gasteiger partial charge in [0.2, 0.25) is 6.10 Å². The number of rotatable bonds is 7. The van der Waals surface area contributed by atoms with Crippen molar-refractivity contribution in [3.05, 3.63) is 64.2 Å². The first-order valence-electron chi connectivity index (χ1n) is 7.11. The second-order valence-corrected chi connectivity index (χ2v) is 5.01. The summed E-state index contributed by atoms with van der Waals surface area (Å²) in [5, 5.41) is 20.1. The fourth-order valence-electron chi connectivity index (χ4n) is 1.94. The standard InChI is InChI=1S/C16H12F3NO6/c17-16(18,19)10-6-7-13(12(8-10)20(23)24)25-9-14(15(21)22)26-11-4-2-1-3-5-11/h1-8,14H,9H2,(H,21,22). The molecule has 2 aromatic rings. The topological polar surface area (TPSA) is 98.9 Å². The van der Waals surface area contributed by atoms with E-state index in [2.05, 4.69) is 0 Å². The van der Waals surface area contributed by atoms with Gasteiger partial charge in [0, 0.05) is 6.07 Å². The third kappa shape index (κ3) is 4.85. The lowest BCUT2D eigenvalue weighted by molar-refractivity contribution is -0.386. The number of aliphatic carboxylic acids is 1. The Labute approximate surface area is 144 Å². The zero-order chi connectivity index (χ0) is 19.3. The van der Waals surface area contributed by atoms with Crippen molar-refractivity contribution in [2.75, 3.05) is 6.61 Å². The van der Waals surface area contributed by atoms with Gasteiger partial charge in [0.25, 0.3) is 0 Å². The van der Waals surface area contributed by atoms with E-state index in [1.54, 1.807) is 18.2 Å². The fourth-order valence-corrected chi connectivity index (χ4v) is 1.94. The normalized spacial score (nSPS) is 12.3. The highest BCUT2D eigenvalue weighted by Gasteiger charge is 2.33. The first kappa shape index (κ1) is 19.0. The summed E-state index contributed by atoms with van der Waals surface area (Å²) in [6.07, 6.45) is -6.28. The highest BCUT2D eigenvalue weighted by Crippen LogP contribution is 2.36. The van der Waals surface area contributed by atoms with Gasteiger partial charge in [-0.25, -0.2) is 4.79 Å². The minimum atomic E-state index is -4.76. The third-order valence-corrected chi connectivity index (χ3v) is 3.17. The lowest BCUT2D eigenvalue weighted by atomic mass is 10.2. The highest BCUT2D eigenvalue weighted by atomic mass is 19.4. The average molecular weight is 371 g/mol. The van der Waals surface area contributed by atoms with Gasteiger partial charge < -0.3 is 14.6 Å². The van der Waals surface area contributed by atoms with Crippen molar-refractivity contribution in [2.45, 2.75) is 12.3 Å². The number of hydrogen-bond donors (Lipinski definition) is 1. The molecule has 7 nitrogen and oxygen atoms in total. The molecule has 0 amide bonds. The van der Waals surface area contributed by atoms with Crippen molar-refractivity contribution in [1.29, 1.82) is 0 Å². The number of nitrogens with zero attached hydrogens (tertiary/aromatic N) is 1. The summed E-state index contributed by atoms with van der Waals surface area (Å²) in [6, 6.07) is 9.59. The molecule has 0 aliphatic rings. The SMILES string of the molecule is O=C(O)C(COc1ccc(C(F)(F)F)cc1[N+](=O)[O-])Oc1ccccc1. The summed E-state index contributed by atoms with van der Waals surface area (Å²) >= 11 is 0. The van der Waals surface area contributed by atoms with Crippen LogP contribution in [-0.4, -0.2) is 28.7 Å². The molecular formula is C16H12F3NO6. The maximum Gasteiger partial charge on any atom is 0.416 e. The molecule has 26 heavy (non-hydrogen) atoms. The monoisotopic (exact) mass is 371 g/mol. The van der Waals surface area contributed by atoms with Gasteiger partial charge >= 0.3 is 17.8 Å². The van der Waals surface area contributed by atoms with Crippen LogP contribution in [0.25, 0.3) is 0 Å². The lowest BCUT2D eigenvalue weighted by Crippen LogP contribution is -2.33. The summed E-state index contributed by atoms with van der Waals surface area (Å²) < 4.78 is 48.2. The van der Waals surface area contributed by atoms with E-state index in [0.717, 1.165) is 6.07 Å². The van der Waals surface area contributed by atoms with Gasteiger partial charge in [-0.15, -0.1) is 0 Å². The van der Waals surface area contributed by atoms with Crippen LogP contribution in [0, 0.1) is 10.1 Å². The van der Waals surface area contributed by atoms with Crippen LogP contribution in [0.4, 0.5) is 18.9 Å². The lowest BCUT2D eigenvalue weighted by Gasteiger charge is -2.16. The Bertz CT molecular complexity index is 794. The van der Waals surface area contributed by atoms with Crippen LogP contribution in [0.5, 0.6) is 11.5 Å². The molecule has 1 unspecified atom stereocenters. The molecule has 0 spiro atoms. The molecule has 0 fully saturated rings. The second kappa shape index (κ2) is 7.72. The average Bonchev–Trinajstić information content (AvgIpc) is 2.58. The smallest absolute Gasteiger partial charge is 0.416 e. The summed E-state index contributed by atoms with van der Waals surface area (Å²) in [4.78, 5) is 21.2. The summed E-state index contributed by atoms with van der Waals surface area (Å²) in [7, 11) is 0. The van der Waals surface area contributed by atoms with Crippen LogP contribution in [0.1, 0.15) is 5.56 Å². The van der Waals surface area contributed by atoms with Crippen LogP contribution >= 0.6 is 0 Å². The molecule has 2 aromatic carbocycles. The number of carbonyl (C=O) groups is 1. The van der Waals surface area contributed by atoms with Crippen molar-refractivity contribution >= 4 is 11.7 Å². The first-order valence-corrected chi connectivity index (χ1v) is 7.11. The van der Waals surface area contributed by atoms with E-state index >= 15 is 0 Å². The van der Waals surface area contributed by atoms with Gasteiger partial charge in [0.15, 0.2) is 5.75 Å². The highest BCUT2D eigenvalue weighted by molar-refractivity contribution is 5.73. The van der Waals surface area contributed by atoms with E-state index in [0.29, 0.717) is 12.1 Å². The molecule has 0 aliphatic heterocycles. The predicted octanol–water partition coefficient (Wildman–Crippen LogP) is 3.52. The molecule has 2 rings (SSSR count). The molecular weight excluding hydrogens is 359 g/mol. The van der Waals surface area contributed by atoms with Crippen molar-refractivity contribution in [3.63, 3.8) is 0 Å². The Balaban J connectivity index is 2.18. The van der Waals surface area contributed by atoms with Crippen LogP contribution in [0.3, 0.4) is 0 Å². The molecule has 0 aromatic heterocycles. The number of carboxylic acids is 1. The number of para-hydroxylation sites is 1. The number of ether oxygens (including phenoxy) is 2. The Kier molecular flexibility index (Phi) is 5.65.